The zero-order valence-corrected chi connectivity index (χ0v) is 24.2. The molecule has 0 radical (unpaired) electrons. The number of carbonyl (C=O) groups excluding carboxylic acids is 1. The highest BCUT2D eigenvalue weighted by atomic mass is 19.1. The summed E-state index contributed by atoms with van der Waals surface area (Å²) in [5.41, 5.74) is 0.866. The van der Waals surface area contributed by atoms with Crippen molar-refractivity contribution in [2.45, 2.75) is 61.8 Å². The normalized spacial score (nSPS) is 27.1. The fraction of sp³-hybridized carbons (Fsp3) is 0.500. The average Bonchev–Trinajstić information content (AvgIpc) is 3.03. The van der Waals surface area contributed by atoms with Gasteiger partial charge in [0, 0.05) is 18.7 Å². The highest BCUT2D eigenvalue weighted by Gasteiger charge is 2.52. The molecule has 7 heterocycles. The lowest BCUT2D eigenvalue weighted by molar-refractivity contribution is -0.156. The van der Waals surface area contributed by atoms with Crippen LogP contribution < -0.4 is 25.0 Å². The van der Waals surface area contributed by atoms with Gasteiger partial charge in [-0.2, -0.15) is 0 Å². The smallest absolute Gasteiger partial charge is 0.405 e. The number of fused-ring (bicyclic) bond motifs is 5. The van der Waals surface area contributed by atoms with Crippen LogP contribution in [-0.4, -0.2) is 88.8 Å². The number of nitrogens with zero attached hydrogens (tertiary/aromatic N) is 4. The van der Waals surface area contributed by atoms with Crippen molar-refractivity contribution in [2.24, 2.45) is 0 Å². The molecule has 3 N–H and O–H groups in total. The lowest BCUT2D eigenvalue weighted by Crippen LogP contribution is -2.62. The third-order valence-corrected chi connectivity index (χ3v) is 9.47. The third-order valence-electron chi connectivity index (χ3n) is 9.47. The Morgan fingerprint density at radius 1 is 1.23 bits per heavy atom. The van der Waals surface area contributed by atoms with Gasteiger partial charge >= 0.3 is 6.09 Å². The van der Waals surface area contributed by atoms with Crippen molar-refractivity contribution in [2.75, 3.05) is 43.7 Å². The van der Waals surface area contributed by atoms with Crippen molar-refractivity contribution in [1.29, 1.82) is 0 Å². The number of aromatic nitrogens is 3. The number of pyridine rings is 3. The van der Waals surface area contributed by atoms with Crippen LogP contribution in [-0.2, 0) is 20.7 Å². The lowest BCUT2D eigenvalue weighted by Gasteiger charge is -2.56. The van der Waals surface area contributed by atoms with Gasteiger partial charge in [0.05, 0.1) is 47.6 Å². The molecule has 3 aromatic heterocycles. The maximum atomic E-state index is 15.2. The van der Waals surface area contributed by atoms with Gasteiger partial charge < -0.3 is 39.6 Å². The van der Waals surface area contributed by atoms with Gasteiger partial charge in [-0.05, 0) is 56.7 Å². The fourth-order valence-electron chi connectivity index (χ4n) is 6.59. The molecule has 3 saturated heterocycles. The molecule has 3 aromatic rings. The molecule has 1 aliphatic carbocycles. The molecule has 5 aliphatic rings. The topological polar surface area (TPSA) is 157 Å². The molecule has 0 unspecified atom stereocenters. The van der Waals surface area contributed by atoms with Gasteiger partial charge in [-0.3, -0.25) is 9.78 Å². The lowest BCUT2D eigenvalue weighted by atomic mass is 9.68. The summed E-state index contributed by atoms with van der Waals surface area (Å²) >= 11 is 0. The van der Waals surface area contributed by atoms with Crippen molar-refractivity contribution >= 4 is 34.7 Å². The maximum absolute atomic E-state index is 15.2. The predicted molar refractivity (Wildman–Crippen MR) is 155 cm³/mol. The first-order chi connectivity index (χ1) is 21.2. The molecule has 232 valence electrons. The molecule has 14 heteroatoms. The van der Waals surface area contributed by atoms with Crippen molar-refractivity contribution < 1.29 is 38.0 Å². The fourth-order valence-corrected chi connectivity index (χ4v) is 6.59. The van der Waals surface area contributed by atoms with E-state index in [9.17, 15) is 9.59 Å². The molecule has 2 amide bonds. The monoisotopic (exact) mass is 608 g/mol. The SMILES string of the molecule is CN(c1ccc2c(n1)NC(=O)CO2)C12CCC(CCc3c(F)cnc4ccc(OC[C@H]5OC[C@H]5NC(=O)O)nc34)(CC1)OC2. The van der Waals surface area contributed by atoms with Crippen LogP contribution in [0.3, 0.4) is 0 Å². The number of nitrogens with one attached hydrogen (secondary N) is 2. The minimum Gasteiger partial charge on any atom is -0.480 e. The van der Waals surface area contributed by atoms with Crippen LogP contribution in [0.1, 0.15) is 37.7 Å². The molecule has 1 saturated carbocycles. The highest BCUT2D eigenvalue weighted by molar-refractivity contribution is 5.94. The summed E-state index contributed by atoms with van der Waals surface area (Å²) in [4.78, 5) is 38.3. The van der Waals surface area contributed by atoms with Gasteiger partial charge in [-0.25, -0.2) is 19.2 Å². The first-order valence-electron chi connectivity index (χ1n) is 14.7. The van der Waals surface area contributed by atoms with Crippen molar-refractivity contribution in [3.05, 3.63) is 41.8 Å². The number of ether oxygens (including phenoxy) is 4. The van der Waals surface area contributed by atoms with Crippen LogP contribution in [0.5, 0.6) is 11.6 Å². The summed E-state index contributed by atoms with van der Waals surface area (Å²) < 4.78 is 38.4. The van der Waals surface area contributed by atoms with E-state index >= 15 is 4.39 Å². The van der Waals surface area contributed by atoms with Crippen LogP contribution in [0.4, 0.5) is 20.8 Å². The third kappa shape index (κ3) is 5.21. The van der Waals surface area contributed by atoms with Crippen LogP contribution in [0.15, 0.2) is 30.5 Å². The molecular formula is C30H33FN6O7. The van der Waals surface area contributed by atoms with E-state index in [1.807, 2.05) is 19.2 Å². The summed E-state index contributed by atoms with van der Waals surface area (Å²) in [6, 6.07) is 6.77. The highest BCUT2D eigenvalue weighted by Crippen LogP contribution is 2.49. The molecule has 4 aliphatic heterocycles. The number of hydrogen-bond donors (Lipinski definition) is 3. The quantitative estimate of drug-likeness (QED) is 0.328. The van der Waals surface area contributed by atoms with Crippen molar-refractivity contribution in [1.82, 2.24) is 20.3 Å². The second-order valence-electron chi connectivity index (χ2n) is 11.9. The minimum absolute atomic E-state index is 0.0156. The van der Waals surface area contributed by atoms with E-state index < -0.39 is 18.0 Å². The molecule has 44 heavy (non-hydrogen) atoms. The molecular weight excluding hydrogens is 575 g/mol. The molecule has 2 atom stereocenters. The van der Waals surface area contributed by atoms with Gasteiger partial charge in [-0.1, -0.05) is 0 Å². The van der Waals surface area contributed by atoms with Crippen LogP contribution in [0.25, 0.3) is 11.0 Å². The number of rotatable bonds is 9. The zero-order chi connectivity index (χ0) is 30.5. The summed E-state index contributed by atoms with van der Waals surface area (Å²) in [5, 5.41) is 14.1. The molecule has 2 bridgehead atoms. The number of carboxylic acid groups (broad SMARTS) is 1. The Balaban J connectivity index is 1.01. The number of aryl methyl sites for hydroxylation is 1. The molecule has 13 nitrogen and oxygen atoms in total. The Morgan fingerprint density at radius 3 is 2.80 bits per heavy atom. The van der Waals surface area contributed by atoms with Gasteiger partial charge in [-0.15, -0.1) is 0 Å². The Morgan fingerprint density at radius 2 is 2.07 bits per heavy atom. The first-order valence-corrected chi connectivity index (χ1v) is 14.7. The van der Waals surface area contributed by atoms with Crippen molar-refractivity contribution in [3.8, 4) is 11.6 Å². The van der Waals surface area contributed by atoms with E-state index in [4.69, 9.17) is 24.1 Å². The summed E-state index contributed by atoms with van der Waals surface area (Å²) in [6.07, 6.45) is 4.16. The Hall–Kier alpha value is -4.30. The Labute approximate surface area is 252 Å². The number of halogens is 1. The van der Waals surface area contributed by atoms with E-state index in [1.54, 1.807) is 12.1 Å². The van der Waals surface area contributed by atoms with Gasteiger partial charge in [0.25, 0.3) is 5.91 Å². The van der Waals surface area contributed by atoms with E-state index in [1.165, 1.54) is 6.20 Å². The zero-order valence-electron chi connectivity index (χ0n) is 24.2. The molecule has 0 spiro atoms. The van der Waals surface area contributed by atoms with Gasteiger partial charge in [0.2, 0.25) is 5.88 Å². The van der Waals surface area contributed by atoms with Crippen LogP contribution in [0, 0.1) is 5.82 Å². The minimum atomic E-state index is -1.12. The van der Waals surface area contributed by atoms with Crippen LogP contribution >= 0.6 is 0 Å². The summed E-state index contributed by atoms with van der Waals surface area (Å²) in [6.45, 7) is 0.893. The average molecular weight is 609 g/mol. The van der Waals surface area contributed by atoms with Crippen molar-refractivity contribution in [3.63, 3.8) is 0 Å². The number of amides is 2. The number of anilines is 2. The largest absolute Gasteiger partial charge is 0.480 e. The summed E-state index contributed by atoms with van der Waals surface area (Å²) in [5.74, 6) is 1.35. The predicted octanol–water partition coefficient (Wildman–Crippen LogP) is 3.06. The number of hydrogen-bond acceptors (Lipinski definition) is 10. The molecule has 4 fully saturated rings. The Bertz CT molecular complexity index is 1600. The summed E-state index contributed by atoms with van der Waals surface area (Å²) in [7, 11) is 2.01. The second kappa shape index (κ2) is 11.0. The maximum Gasteiger partial charge on any atom is 0.405 e. The first kappa shape index (κ1) is 28.5. The number of carbonyl (C=O) groups is 2. The van der Waals surface area contributed by atoms with Gasteiger partial charge in [0.1, 0.15) is 24.3 Å². The molecule has 0 aromatic carbocycles. The van der Waals surface area contributed by atoms with Gasteiger partial charge in [0.15, 0.2) is 18.2 Å². The molecule has 8 rings (SSSR count). The van der Waals surface area contributed by atoms with E-state index in [0.29, 0.717) is 47.6 Å². The standard InChI is InChI=1S/C30H33FN6O7/c1-37(23-4-3-21-27(34-23)35-24(38)15-42-21)29-8-10-30(11-9-29,44-16-29)7-6-17-18(31)12-32-19-2-5-25(36-26(17)19)43-14-22-20(13-41-22)33-28(39)40/h2-5,12,20,22,33H,6-11,13-16H2,1H3,(H,39,40)(H,34,35,38)/t20-,22-,29?,30?/m1/s1. The number of likely N-dealkylation sites (N-methyl/N-ethyl adjacent to an activating group) is 1. The van der Waals surface area contributed by atoms with E-state index in [-0.39, 0.29) is 48.8 Å². The second-order valence-corrected chi connectivity index (χ2v) is 11.9. The Kier molecular flexibility index (Phi) is 7.12. The van der Waals surface area contributed by atoms with Crippen LogP contribution in [0.2, 0.25) is 0 Å². The van der Waals surface area contributed by atoms with E-state index in [2.05, 4.69) is 30.5 Å². The van der Waals surface area contributed by atoms with E-state index in [0.717, 1.165) is 31.5 Å².